The zero-order valence-electron chi connectivity index (χ0n) is 13.0. The predicted molar refractivity (Wildman–Crippen MR) is 77.9 cm³/mol. The molecule has 2 aromatic heterocycles. The van der Waals surface area contributed by atoms with Gasteiger partial charge in [-0.05, 0) is 12.1 Å². The number of ether oxygens (including phenoxy) is 2. The Kier molecular flexibility index (Phi) is 4.88. The molecule has 0 aliphatic carbocycles. The number of carbonyl (C=O) groups excluding carboxylic acids is 1. The predicted octanol–water partition coefficient (Wildman–Crippen LogP) is 2.28. The van der Waals surface area contributed by atoms with Crippen LogP contribution in [0.25, 0.3) is 0 Å². The number of hydrogen-bond acceptors (Lipinski definition) is 7. The van der Waals surface area contributed by atoms with Gasteiger partial charge in [0.25, 0.3) is 0 Å². The van der Waals surface area contributed by atoms with E-state index in [4.69, 9.17) is 13.9 Å². The Morgan fingerprint density at radius 2 is 2.08 bits per heavy atom. The average molecular weight is 357 g/mol. The summed E-state index contributed by atoms with van der Waals surface area (Å²) in [7, 11) is 0. The number of halogens is 3. The van der Waals surface area contributed by atoms with Gasteiger partial charge in [0.05, 0.1) is 19.5 Å². The first-order valence-electron chi connectivity index (χ1n) is 7.41. The number of rotatable bonds is 4. The second kappa shape index (κ2) is 7.09. The molecule has 1 aliphatic heterocycles. The van der Waals surface area contributed by atoms with E-state index in [2.05, 4.69) is 9.97 Å². The van der Waals surface area contributed by atoms with Crippen LogP contribution >= 0.6 is 0 Å². The van der Waals surface area contributed by atoms with E-state index in [-0.39, 0.29) is 12.6 Å². The third-order valence-electron chi connectivity index (χ3n) is 3.48. The number of anilines is 1. The zero-order valence-corrected chi connectivity index (χ0v) is 13.0. The minimum atomic E-state index is -4.82. The average Bonchev–Trinajstić information content (AvgIpc) is 3.13. The van der Waals surface area contributed by atoms with E-state index in [0.29, 0.717) is 32.1 Å². The van der Waals surface area contributed by atoms with Crippen LogP contribution in [0.4, 0.5) is 19.1 Å². The lowest BCUT2D eigenvalue weighted by Gasteiger charge is -2.27. The molecule has 0 amide bonds. The molecule has 7 nitrogen and oxygen atoms in total. The second-order valence-corrected chi connectivity index (χ2v) is 5.18. The second-order valence-electron chi connectivity index (χ2n) is 5.18. The van der Waals surface area contributed by atoms with Gasteiger partial charge in [-0.15, -0.1) is 0 Å². The number of furan rings is 1. The number of carbonyl (C=O) groups is 1. The van der Waals surface area contributed by atoms with Gasteiger partial charge in [0.2, 0.25) is 5.95 Å². The maximum Gasteiger partial charge on any atom is 0.434 e. The molecule has 1 saturated heterocycles. The fraction of sp³-hybridized carbons (Fsp3) is 0.400. The molecule has 3 heterocycles. The molecule has 0 saturated carbocycles. The Balaban J connectivity index is 1.83. The van der Waals surface area contributed by atoms with Gasteiger partial charge in [0.1, 0.15) is 17.9 Å². The fourth-order valence-corrected chi connectivity index (χ4v) is 2.26. The molecule has 0 N–H and O–H groups in total. The highest BCUT2D eigenvalue weighted by Gasteiger charge is 2.39. The SMILES string of the molecule is O=C(OCc1ccco1)c1cnc(N2CCOCC2)nc1C(F)(F)F. The summed E-state index contributed by atoms with van der Waals surface area (Å²) >= 11 is 0. The molecule has 0 bridgehead atoms. The molecule has 0 aromatic carbocycles. The van der Waals surface area contributed by atoms with Crippen LogP contribution in [-0.2, 0) is 22.3 Å². The third-order valence-corrected chi connectivity index (χ3v) is 3.48. The molecule has 1 aliphatic rings. The summed E-state index contributed by atoms with van der Waals surface area (Å²) in [5, 5.41) is 0. The minimum absolute atomic E-state index is 0.0989. The molecular formula is C15H14F3N3O4. The lowest BCUT2D eigenvalue weighted by atomic mass is 10.2. The molecular weight excluding hydrogens is 343 g/mol. The molecule has 3 rings (SSSR count). The van der Waals surface area contributed by atoms with Crippen molar-refractivity contribution in [1.82, 2.24) is 9.97 Å². The smallest absolute Gasteiger partial charge is 0.434 e. The van der Waals surface area contributed by atoms with Crippen molar-refractivity contribution in [3.8, 4) is 0 Å². The van der Waals surface area contributed by atoms with Gasteiger partial charge < -0.3 is 18.8 Å². The van der Waals surface area contributed by atoms with Crippen LogP contribution in [-0.4, -0.2) is 42.2 Å². The van der Waals surface area contributed by atoms with Crippen molar-refractivity contribution in [1.29, 1.82) is 0 Å². The third kappa shape index (κ3) is 4.08. The largest absolute Gasteiger partial charge is 0.466 e. The van der Waals surface area contributed by atoms with E-state index in [1.807, 2.05) is 0 Å². The molecule has 0 unspecified atom stereocenters. The number of hydrogen-bond donors (Lipinski definition) is 0. The van der Waals surface area contributed by atoms with Crippen molar-refractivity contribution >= 4 is 11.9 Å². The van der Waals surface area contributed by atoms with Crippen LogP contribution in [0, 0.1) is 0 Å². The van der Waals surface area contributed by atoms with Crippen molar-refractivity contribution in [2.75, 3.05) is 31.2 Å². The Morgan fingerprint density at radius 3 is 2.72 bits per heavy atom. The number of aromatic nitrogens is 2. The number of alkyl halides is 3. The molecule has 25 heavy (non-hydrogen) atoms. The van der Waals surface area contributed by atoms with Gasteiger partial charge >= 0.3 is 12.1 Å². The topological polar surface area (TPSA) is 77.7 Å². The van der Waals surface area contributed by atoms with Gasteiger partial charge in [0, 0.05) is 19.3 Å². The van der Waals surface area contributed by atoms with Crippen LogP contribution in [0.3, 0.4) is 0 Å². The zero-order chi connectivity index (χ0) is 17.9. The lowest BCUT2D eigenvalue weighted by Crippen LogP contribution is -2.38. The Labute approximate surface area is 140 Å². The van der Waals surface area contributed by atoms with E-state index in [1.54, 1.807) is 11.0 Å². The molecule has 2 aromatic rings. The van der Waals surface area contributed by atoms with Crippen molar-refractivity contribution in [3.63, 3.8) is 0 Å². The van der Waals surface area contributed by atoms with Crippen LogP contribution in [0.5, 0.6) is 0 Å². The van der Waals surface area contributed by atoms with Crippen molar-refractivity contribution in [2.45, 2.75) is 12.8 Å². The Bertz CT molecular complexity index is 728. The maximum absolute atomic E-state index is 13.3. The molecule has 0 radical (unpaired) electrons. The molecule has 10 heteroatoms. The molecule has 134 valence electrons. The quantitative estimate of drug-likeness (QED) is 0.777. The standard InChI is InChI=1S/C15H14F3N3O4/c16-15(17,18)12-11(13(22)25-9-10-2-1-5-24-10)8-19-14(20-12)21-3-6-23-7-4-21/h1-2,5,8H,3-4,6-7,9H2. The molecule has 0 atom stereocenters. The number of esters is 1. The summed E-state index contributed by atoms with van der Waals surface area (Å²) in [6, 6.07) is 3.11. The van der Waals surface area contributed by atoms with E-state index in [9.17, 15) is 18.0 Å². The summed E-state index contributed by atoms with van der Waals surface area (Å²) in [5.41, 5.74) is -2.07. The van der Waals surface area contributed by atoms with E-state index in [0.717, 1.165) is 6.20 Å². The number of morpholine rings is 1. The Morgan fingerprint density at radius 1 is 1.32 bits per heavy atom. The highest BCUT2D eigenvalue weighted by atomic mass is 19.4. The van der Waals surface area contributed by atoms with Gasteiger partial charge in [-0.1, -0.05) is 0 Å². The van der Waals surface area contributed by atoms with E-state index >= 15 is 0 Å². The fourth-order valence-electron chi connectivity index (χ4n) is 2.26. The summed E-state index contributed by atoms with van der Waals surface area (Å²) in [6.07, 6.45) is -2.61. The van der Waals surface area contributed by atoms with Crippen LogP contribution in [0.15, 0.2) is 29.0 Å². The monoisotopic (exact) mass is 357 g/mol. The van der Waals surface area contributed by atoms with Crippen LogP contribution < -0.4 is 4.90 Å². The maximum atomic E-state index is 13.3. The summed E-state index contributed by atoms with van der Waals surface area (Å²) in [4.78, 5) is 21.0. The highest BCUT2D eigenvalue weighted by molar-refractivity contribution is 5.90. The van der Waals surface area contributed by atoms with Crippen LogP contribution in [0.2, 0.25) is 0 Å². The normalized spacial score (nSPS) is 15.2. The minimum Gasteiger partial charge on any atom is -0.466 e. The molecule has 0 spiro atoms. The van der Waals surface area contributed by atoms with Gasteiger partial charge in [-0.3, -0.25) is 0 Å². The van der Waals surface area contributed by atoms with E-state index in [1.165, 1.54) is 12.3 Å². The van der Waals surface area contributed by atoms with Crippen LogP contribution in [0.1, 0.15) is 21.8 Å². The van der Waals surface area contributed by atoms with Gasteiger partial charge in [0.15, 0.2) is 5.69 Å². The first-order chi connectivity index (χ1) is 11.9. The first kappa shape index (κ1) is 17.2. The first-order valence-corrected chi connectivity index (χ1v) is 7.41. The Hall–Kier alpha value is -2.62. The van der Waals surface area contributed by atoms with Crippen molar-refractivity contribution in [3.05, 3.63) is 41.6 Å². The molecule has 1 fully saturated rings. The highest BCUT2D eigenvalue weighted by Crippen LogP contribution is 2.32. The van der Waals surface area contributed by atoms with Gasteiger partial charge in [-0.25, -0.2) is 14.8 Å². The number of nitrogens with zero attached hydrogens (tertiary/aromatic N) is 3. The van der Waals surface area contributed by atoms with Gasteiger partial charge in [-0.2, -0.15) is 13.2 Å². The summed E-state index contributed by atoms with van der Waals surface area (Å²) in [5.74, 6) is -0.955. The summed E-state index contributed by atoms with van der Waals surface area (Å²) < 4.78 is 54.9. The summed E-state index contributed by atoms with van der Waals surface area (Å²) in [6.45, 7) is 1.21. The van der Waals surface area contributed by atoms with Crippen molar-refractivity contribution in [2.24, 2.45) is 0 Å². The lowest BCUT2D eigenvalue weighted by molar-refractivity contribution is -0.141. The van der Waals surface area contributed by atoms with E-state index < -0.39 is 23.4 Å². The van der Waals surface area contributed by atoms with Crippen molar-refractivity contribution < 1.29 is 31.9 Å².